The average Bonchev–Trinajstić information content (AvgIpc) is 2.65. The predicted octanol–water partition coefficient (Wildman–Crippen LogP) is 2.78. The maximum atomic E-state index is 13.9. The number of aliphatic imine (C=N–C) groups is 1. The van der Waals surface area contributed by atoms with Crippen LogP contribution in [0.4, 0.5) is 4.39 Å². The van der Waals surface area contributed by atoms with E-state index in [0.717, 1.165) is 50.1 Å². The molecule has 7 heteroatoms. The fraction of sp³-hybridized carbons (Fsp3) is 0.619. The molecule has 3 aliphatic rings. The third kappa shape index (κ3) is 5.12. The third-order valence-corrected chi connectivity index (χ3v) is 6.37. The van der Waals surface area contributed by atoms with Crippen LogP contribution in [-0.2, 0) is 12.1 Å². The first-order chi connectivity index (χ1) is 13.5. The van der Waals surface area contributed by atoms with Gasteiger partial charge in [-0.1, -0.05) is 24.6 Å². The molecule has 0 amide bonds. The summed E-state index contributed by atoms with van der Waals surface area (Å²) in [6.45, 7) is 3.18. The number of rotatable bonds is 9. The van der Waals surface area contributed by atoms with Crippen molar-refractivity contribution in [2.45, 2.75) is 57.3 Å². The average molecular weight is 405 g/mol. The lowest BCUT2D eigenvalue weighted by molar-refractivity contribution is 0.330. The number of hydrogen-bond acceptors (Lipinski definition) is 5. The minimum absolute atomic E-state index is 0.162. The zero-order chi connectivity index (χ0) is 20.1. The highest BCUT2D eigenvalue weighted by Crippen LogP contribution is 2.37. The first kappa shape index (κ1) is 21.3. The molecule has 0 aromatic carbocycles. The molecule has 5 nitrogen and oxygen atoms in total. The summed E-state index contributed by atoms with van der Waals surface area (Å²) in [5.41, 5.74) is 3.92. The van der Waals surface area contributed by atoms with Gasteiger partial charge in [0, 0.05) is 38.5 Å². The Bertz CT molecular complexity index is 734. The molecule has 0 radical (unpaired) electrons. The van der Waals surface area contributed by atoms with Crippen molar-refractivity contribution in [3.63, 3.8) is 0 Å². The molecule has 1 aliphatic heterocycles. The molecular formula is C21H31FN5S+. The van der Waals surface area contributed by atoms with Crippen LogP contribution < -0.4 is 10.0 Å². The molecule has 0 saturated carbocycles. The first-order valence-electron chi connectivity index (χ1n) is 10.1. The molecule has 4 unspecified atom stereocenters. The van der Waals surface area contributed by atoms with Gasteiger partial charge in [-0.25, -0.2) is 4.39 Å². The maximum Gasteiger partial charge on any atom is 0.150 e. The highest BCUT2D eigenvalue weighted by Gasteiger charge is 2.33. The van der Waals surface area contributed by atoms with Gasteiger partial charge in [-0.05, 0) is 38.0 Å². The summed E-state index contributed by atoms with van der Waals surface area (Å²) in [7, 11) is 4.09. The predicted molar refractivity (Wildman–Crippen MR) is 116 cm³/mol. The first-order valence-corrected chi connectivity index (χ1v) is 11.0. The number of allylic oxidation sites excluding steroid dienone is 3. The van der Waals surface area contributed by atoms with Gasteiger partial charge in [-0.15, -0.1) is 9.03 Å². The molecule has 0 bridgehead atoms. The second-order valence-electron chi connectivity index (χ2n) is 7.88. The summed E-state index contributed by atoms with van der Waals surface area (Å²) < 4.78 is 19.4. The molecule has 0 saturated heterocycles. The molecule has 152 valence electrons. The quantitative estimate of drug-likeness (QED) is 0.352. The van der Waals surface area contributed by atoms with E-state index in [4.69, 9.17) is 0 Å². The minimum Gasteiger partial charge on any atom is -0.306 e. The summed E-state index contributed by atoms with van der Waals surface area (Å²) in [4.78, 5) is 4.50. The van der Waals surface area contributed by atoms with Crippen molar-refractivity contribution in [1.29, 1.82) is 5.26 Å². The monoisotopic (exact) mass is 404 g/mol. The molecule has 1 heterocycles. The second kappa shape index (κ2) is 9.84. The van der Waals surface area contributed by atoms with Gasteiger partial charge in [0.1, 0.15) is 18.3 Å². The van der Waals surface area contributed by atoms with E-state index in [1.807, 2.05) is 32.4 Å². The Morgan fingerprint density at radius 1 is 1.43 bits per heavy atom. The van der Waals surface area contributed by atoms with E-state index in [1.165, 1.54) is 11.1 Å². The van der Waals surface area contributed by atoms with Gasteiger partial charge in [0.25, 0.3) is 0 Å². The molecule has 3 rings (SSSR count). The summed E-state index contributed by atoms with van der Waals surface area (Å²) in [6, 6.07) is 2.67. The molecule has 2 aliphatic carbocycles. The number of hydrogen-bond donors (Lipinski definition) is 2. The van der Waals surface area contributed by atoms with E-state index in [0.29, 0.717) is 18.0 Å². The molecule has 0 aromatic rings. The molecule has 0 fully saturated rings. The Labute approximate surface area is 172 Å². The number of nitriles is 1. The normalized spacial score (nSPS) is 27.6. The van der Waals surface area contributed by atoms with Crippen LogP contribution in [0.3, 0.4) is 0 Å². The van der Waals surface area contributed by atoms with Crippen LogP contribution in [0.25, 0.3) is 0 Å². The Morgan fingerprint density at radius 3 is 2.89 bits per heavy atom. The summed E-state index contributed by atoms with van der Waals surface area (Å²) in [5, 5.41) is 13.0. The molecule has 28 heavy (non-hydrogen) atoms. The Kier molecular flexibility index (Phi) is 7.47. The van der Waals surface area contributed by atoms with Crippen molar-refractivity contribution in [1.82, 2.24) is 14.3 Å². The molecular weight excluding hydrogens is 373 g/mol. The van der Waals surface area contributed by atoms with Crippen LogP contribution in [0.1, 0.15) is 39.0 Å². The van der Waals surface area contributed by atoms with Gasteiger partial charge in [0.15, 0.2) is 0 Å². The van der Waals surface area contributed by atoms with Gasteiger partial charge in [0.05, 0.1) is 23.4 Å². The zero-order valence-corrected chi connectivity index (χ0v) is 17.8. The van der Waals surface area contributed by atoms with E-state index in [9.17, 15) is 9.65 Å². The molecule has 0 spiro atoms. The number of nitrogens with zero attached hydrogens (tertiary/aromatic N) is 3. The highest BCUT2D eigenvalue weighted by atomic mass is 32.2. The number of halogens is 1. The lowest BCUT2D eigenvalue weighted by Gasteiger charge is -2.36. The summed E-state index contributed by atoms with van der Waals surface area (Å²) in [6.07, 6.45) is 9.08. The van der Waals surface area contributed by atoms with E-state index >= 15 is 0 Å². The van der Waals surface area contributed by atoms with E-state index in [2.05, 4.69) is 32.3 Å². The van der Waals surface area contributed by atoms with E-state index in [-0.39, 0.29) is 12.0 Å². The molecule has 4 atom stereocenters. The van der Waals surface area contributed by atoms with Gasteiger partial charge < -0.3 is 5.32 Å². The van der Waals surface area contributed by atoms with Crippen LogP contribution in [0.15, 0.2) is 40.1 Å². The fourth-order valence-electron chi connectivity index (χ4n) is 4.01. The van der Waals surface area contributed by atoms with E-state index in [1.54, 1.807) is 0 Å². The second-order valence-corrected chi connectivity index (χ2v) is 9.19. The minimum atomic E-state index is -1.10. The highest BCUT2D eigenvalue weighted by molar-refractivity contribution is 7.73. The smallest absolute Gasteiger partial charge is 0.150 e. The molecule has 2 N–H and O–H groups in total. The molecule has 0 aromatic heterocycles. The lowest BCUT2D eigenvalue weighted by atomic mass is 9.76. The largest absolute Gasteiger partial charge is 0.306 e. The Balaban J connectivity index is 1.62. The fourth-order valence-corrected chi connectivity index (χ4v) is 4.52. The van der Waals surface area contributed by atoms with Crippen LogP contribution >= 0.6 is 0 Å². The van der Waals surface area contributed by atoms with Gasteiger partial charge in [-0.2, -0.15) is 5.26 Å². The number of thiol groups is 1. The van der Waals surface area contributed by atoms with Crippen LogP contribution in [0.5, 0.6) is 0 Å². The standard InChI is InChI=1S/C21H30FN5S/c1-4-18(7-8-25-28-27(2)3)26-20-11-15(10-17-13-24-21(17)20)14-5-6-19(22)16(9-14)12-23/h9-10,13-14,18-20,25-26H,4-8,11H2,1-3H3/p+1. The lowest BCUT2D eigenvalue weighted by Crippen LogP contribution is -2.47. The van der Waals surface area contributed by atoms with Crippen molar-refractivity contribution in [2.75, 3.05) is 20.6 Å². The van der Waals surface area contributed by atoms with Crippen molar-refractivity contribution < 1.29 is 4.39 Å². The number of alkyl halides is 1. The van der Waals surface area contributed by atoms with Crippen LogP contribution in [-0.4, -0.2) is 48.9 Å². The van der Waals surface area contributed by atoms with Crippen LogP contribution in [0.2, 0.25) is 0 Å². The van der Waals surface area contributed by atoms with Crippen molar-refractivity contribution in [3.05, 3.63) is 35.1 Å². The zero-order valence-electron chi connectivity index (χ0n) is 17.0. The topological polar surface area (TPSA) is 63.4 Å². The SMILES string of the molecule is CCC(CCN[SH+]N(C)C)NC1CC(C2C=C(C#N)C(F)CC2)=CC2=CN=C21. The Morgan fingerprint density at radius 2 is 2.25 bits per heavy atom. The van der Waals surface area contributed by atoms with Crippen molar-refractivity contribution in [2.24, 2.45) is 10.9 Å². The van der Waals surface area contributed by atoms with Crippen LogP contribution in [0, 0.1) is 17.2 Å². The Hall–Kier alpha value is -1.46. The number of fused-ring (bicyclic) bond motifs is 1. The summed E-state index contributed by atoms with van der Waals surface area (Å²) >= 11 is 1.13. The van der Waals surface area contributed by atoms with Crippen molar-refractivity contribution >= 4 is 17.8 Å². The van der Waals surface area contributed by atoms with Gasteiger partial charge in [-0.3, -0.25) is 4.99 Å². The third-order valence-electron chi connectivity index (χ3n) is 5.61. The maximum absolute atomic E-state index is 13.9. The van der Waals surface area contributed by atoms with Crippen molar-refractivity contribution in [3.8, 4) is 6.07 Å². The number of nitrogens with one attached hydrogen (secondary N) is 2. The van der Waals surface area contributed by atoms with Gasteiger partial charge >= 0.3 is 0 Å². The van der Waals surface area contributed by atoms with E-state index < -0.39 is 6.17 Å². The summed E-state index contributed by atoms with van der Waals surface area (Å²) in [5.74, 6) is 0.162. The van der Waals surface area contributed by atoms with Gasteiger partial charge in [0.2, 0.25) is 0 Å².